The van der Waals surface area contributed by atoms with E-state index in [1.807, 2.05) is 0 Å². The van der Waals surface area contributed by atoms with Gasteiger partial charge in [-0.25, -0.2) is 0 Å². The molecule has 19 heavy (non-hydrogen) atoms. The predicted octanol–water partition coefficient (Wildman–Crippen LogP) is -0.548. The number of likely N-dealkylation sites (N-methyl/N-ethyl adjacent to an activating group) is 1. The van der Waals surface area contributed by atoms with Crippen molar-refractivity contribution in [3.8, 4) is 0 Å². The van der Waals surface area contributed by atoms with Crippen molar-refractivity contribution in [2.75, 3.05) is 25.9 Å². The number of pyridine rings is 1. The molecule has 1 heterocycles. The van der Waals surface area contributed by atoms with Crippen molar-refractivity contribution in [2.45, 2.75) is 13.5 Å². The van der Waals surface area contributed by atoms with Gasteiger partial charge >= 0.3 is 5.97 Å². The van der Waals surface area contributed by atoms with Crippen LogP contribution in [0.3, 0.4) is 0 Å². The van der Waals surface area contributed by atoms with Gasteiger partial charge in [0.2, 0.25) is 5.91 Å². The van der Waals surface area contributed by atoms with Crippen molar-refractivity contribution < 1.29 is 14.3 Å². The average Bonchev–Trinajstić information content (AvgIpc) is 2.34. The number of nitrogens with two attached hydrogens (primary N) is 1. The van der Waals surface area contributed by atoms with Crippen LogP contribution >= 0.6 is 0 Å². The van der Waals surface area contributed by atoms with E-state index in [9.17, 15) is 14.4 Å². The second kappa shape index (κ2) is 6.58. The molecule has 0 aliphatic heterocycles. The molecule has 0 saturated carbocycles. The van der Waals surface area contributed by atoms with E-state index in [0.717, 1.165) is 0 Å². The summed E-state index contributed by atoms with van der Waals surface area (Å²) in [5, 5.41) is 0. The van der Waals surface area contributed by atoms with Crippen LogP contribution in [0.4, 0.5) is 5.69 Å². The molecule has 0 fully saturated rings. The number of anilines is 1. The Kier molecular flexibility index (Phi) is 5.11. The number of hydrogen-bond acceptors (Lipinski definition) is 5. The Hall–Kier alpha value is -2.31. The standard InChI is InChI=1S/C12H17N3O4/c1-3-19-12(18)8-14(2)11(17)7-15-6-9(13)4-5-10(15)16/h4-6H,3,7-8,13H2,1-2H3. The van der Waals surface area contributed by atoms with Gasteiger partial charge in [-0.1, -0.05) is 0 Å². The van der Waals surface area contributed by atoms with Gasteiger partial charge in [0, 0.05) is 25.0 Å². The lowest BCUT2D eigenvalue weighted by Gasteiger charge is -2.16. The molecule has 104 valence electrons. The molecular weight excluding hydrogens is 250 g/mol. The van der Waals surface area contributed by atoms with Crippen molar-refractivity contribution >= 4 is 17.6 Å². The zero-order chi connectivity index (χ0) is 14.4. The van der Waals surface area contributed by atoms with Crippen LogP contribution in [0.5, 0.6) is 0 Å². The number of amides is 1. The van der Waals surface area contributed by atoms with Crippen molar-refractivity contribution in [3.05, 3.63) is 28.7 Å². The molecule has 0 aliphatic carbocycles. The number of esters is 1. The average molecular weight is 267 g/mol. The summed E-state index contributed by atoms with van der Waals surface area (Å²) >= 11 is 0. The molecule has 0 atom stereocenters. The topological polar surface area (TPSA) is 94.6 Å². The molecule has 7 nitrogen and oxygen atoms in total. The Morgan fingerprint density at radius 2 is 2.11 bits per heavy atom. The van der Waals surface area contributed by atoms with Crippen molar-refractivity contribution in [1.29, 1.82) is 0 Å². The summed E-state index contributed by atoms with van der Waals surface area (Å²) in [5.41, 5.74) is 5.60. The van der Waals surface area contributed by atoms with E-state index in [2.05, 4.69) is 0 Å². The highest BCUT2D eigenvalue weighted by molar-refractivity contribution is 5.81. The number of carbonyl (C=O) groups is 2. The minimum absolute atomic E-state index is 0.149. The van der Waals surface area contributed by atoms with Gasteiger partial charge in [0.1, 0.15) is 13.1 Å². The van der Waals surface area contributed by atoms with Crippen LogP contribution in [0, 0.1) is 0 Å². The number of ether oxygens (including phenoxy) is 1. The highest BCUT2D eigenvalue weighted by atomic mass is 16.5. The van der Waals surface area contributed by atoms with Gasteiger partial charge in [0.05, 0.1) is 6.61 Å². The van der Waals surface area contributed by atoms with E-state index < -0.39 is 5.97 Å². The first-order valence-electron chi connectivity index (χ1n) is 5.79. The number of nitrogen functional groups attached to an aromatic ring is 1. The number of hydrogen-bond donors (Lipinski definition) is 1. The molecule has 7 heteroatoms. The van der Waals surface area contributed by atoms with Crippen LogP contribution in [0.15, 0.2) is 23.1 Å². The van der Waals surface area contributed by atoms with Gasteiger partial charge in [0.25, 0.3) is 5.56 Å². The molecule has 1 rings (SSSR count). The largest absolute Gasteiger partial charge is 0.465 e. The summed E-state index contributed by atoms with van der Waals surface area (Å²) < 4.78 is 5.93. The molecule has 1 aromatic rings. The number of carbonyl (C=O) groups excluding carboxylic acids is 2. The fourth-order valence-electron chi connectivity index (χ4n) is 1.43. The summed E-state index contributed by atoms with van der Waals surface area (Å²) in [6.07, 6.45) is 1.39. The van der Waals surface area contributed by atoms with Gasteiger partial charge in [-0.2, -0.15) is 0 Å². The highest BCUT2D eigenvalue weighted by Crippen LogP contribution is 1.97. The Morgan fingerprint density at radius 3 is 2.74 bits per heavy atom. The fourth-order valence-corrected chi connectivity index (χ4v) is 1.43. The quantitative estimate of drug-likeness (QED) is 0.722. The van der Waals surface area contributed by atoms with Crippen molar-refractivity contribution in [1.82, 2.24) is 9.47 Å². The summed E-state index contributed by atoms with van der Waals surface area (Å²) in [6, 6.07) is 2.75. The third-order valence-electron chi connectivity index (χ3n) is 2.41. The first-order chi connectivity index (χ1) is 8.93. The first kappa shape index (κ1) is 14.7. The number of aromatic nitrogens is 1. The van der Waals surface area contributed by atoms with Gasteiger partial charge in [0.15, 0.2) is 0 Å². The van der Waals surface area contributed by atoms with Crippen LogP contribution in [-0.2, 0) is 20.9 Å². The third kappa shape index (κ3) is 4.46. The molecule has 0 bridgehead atoms. The van der Waals surface area contributed by atoms with E-state index in [0.29, 0.717) is 5.69 Å². The summed E-state index contributed by atoms with van der Waals surface area (Å²) in [5.74, 6) is -0.862. The maximum absolute atomic E-state index is 11.8. The van der Waals surface area contributed by atoms with E-state index in [1.165, 1.54) is 34.8 Å². The zero-order valence-corrected chi connectivity index (χ0v) is 11.0. The normalized spacial score (nSPS) is 10.0. The fraction of sp³-hybridized carbons (Fsp3) is 0.417. The Labute approximate surface area is 110 Å². The minimum atomic E-state index is -0.488. The van der Waals surface area contributed by atoms with Crippen LogP contribution < -0.4 is 11.3 Å². The van der Waals surface area contributed by atoms with E-state index in [4.69, 9.17) is 10.5 Å². The molecular formula is C12H17N3O4. The van der Waals surface area contributed by atoms with E-state index in [1.54, 1.807) is 6.92 Å². The van der Waals surface area contributed by atoms with Gasteiger partial charge < -0.3 is 19.9 Å². The molecule has 0 aliphatic rings. The molecule has 2 N–H and O–H groups in total. The number of rotatable bonds is 5. The lowest BCUT2D eigenvalue weighted by atomic mass is 10.4. The lowest BCUT2D eigenvalue weighted by molar-refractivity contribution is -0.148. The predicted molar refractivity (Wildman–Crippen MR) is 69.4 cm³/mol. The molecule has 0 aromatic carbocycles. The smallest absolute Gasteiger partial charge is 0.325 e. The van der Waals surface area contributed by atoms with Crippen LogP contribution in [0.2, 0.25) is 0 Å². The summed E-state index contributed by atoms with van der Waals surface area (Å²) in [6.45, 7) is 1.63. The molecule has 1 aromatic heterocycles. The summed E-state index contributed by atoms with van der Waals surface area (Å²) in [4.78, 5) is 35.8. The van der Waals surface area contributed by atoms with Gasteiger partial charge in [-0.15, -0.1) is 0 Å². The van der Waals surface area contributed by atoms with Crippen LogP contribution in [0.25, 0.3) is 0 Å². The second-order valence-corrected chi connectivity index (χ2v) is 3.98. The van der Waals surface area contributed by atoms with Gasteiger partial charge in [-0.05, 0) is 13.0 Å². The van der Waals surface area contributed by atoms with Crippen LogP contribution in [-0.4, -0.2) is 41.5 Å². The molecule has 0 radical (unpaired) electrons. The Morgan fingerprint density at radius 1 is 1.42 bits per heavy atom. The lowest BCUT2D eigenvalue weighted by Crippen LogP contribution is -2.37. The summed E-state index contributed by atoms with van der Waals surface area (Å²) in [7, 11) is 1.47. The molecule has 0 spiro atoms. The molecule has 0 saturated heterocycles. The van der Waals surface area contributed by atoms with Crippen molar-refractivity contribution in [2.24, 2.45) is 0 Å². The highest BCUT2D eigenvalue weighted by Gasteiger charge is 2.14. The second-order valence-electron chi connectivity index (χ2n) is 3.98. The zero-order valence-electron chi connectivity index (χ0n) is 11.0. The Balaban J connectivity index is 2.66. The van der Waals surface area contributed by atoms with Crippen LogP contribution in [0.1, 0.15) is 6.92 Å². The van der Waals surface area contributed by atoms with Crippen molar-refractivity contribution in [3.63, 3.8) is 0 Å². The van der Waals surface area contributed by atoms with E-state index >= 15 is 0 Å². The first-order valence-corrected chi connectivity index (χ1v) is 5.79. The molecule has 0 unspecified atom stereocenters. The maximum Gasteiger partial charge on any atom is 0.325 e. The third-order valence-corrected chi connectivity index (χ3v) is 2.41. The number of nitrogens with zero attached hydrogens (tertiary/aromatic N) is 2. The van der Waals surface area contributed by atoms with Gasteiger partial charge in [-0.3, -0.25) is 14.4 Å². The molecule has 1 amide bonds. The maximum atomic E-state index is 11.8. The SMILES string of the molecule is CCOC(=O)CN(C)C(=O)Cn1cc(N)ccc1=O. The van der Waals surface area contributed by atoms with E-state index in [-0.39, 0.29) is 31.2 Å². The monoisotopic (exact) mass is 267 g/mol. The Bertz CT molecular complexity index is 524. The minimum Gasteiger partial charge on any atom is -0.465 e.